The number of pyridine rings is 1. The Balaban J connectivity index is 1.63. The van der Waals surface area contributed by atoms with E-state index in [4.69, 9.17) is 9.57 Å². The molecule has 26 heavy (non-hydrogen) atoms. The average molecular weight is 348 g/mol. The Hall–Kier alpha value is -3.05. The molecule has 1 atom stereocenters. The van der Waals surface area contributed by atoms with Gasteiger partial charge in [0.05, 0.1) is 24.9 Å². The number of hydroxylamine groups is 1. The summed E-state index contributed by atoms with van der Waals surface area (Å²) < 4.78 is 6.95. The van der Waals surface area contributed by atoms with Gasteiger partial charge in [0.25, 0.3) is 5.56 Å². The van der Waals surface area contributed by atoms with Gasteiger partial charge in [-0.15, -0.1) is 0 Å². The van der Waals surface area contributed by atoms with Crippen molar-refractivity contribution in [1.82, 2.24) is 10.0 Å². The predicted octanol–water partition coefficient (Wildman–Crippen LogP) is 3.26. The standard InChI is InChI=1S/C21H20N2O3/c1-14-11-21(24)23(20-6-4-3-5-18(14)20)13-17-12-19(22-26-17)15-7-9-16(25-2)10-8-15/h3-12,17,22H,13H2,1-2H3/t17-/m0/s1. The first kappa shape index (κ1) is 16.4. The van der Waals surface area contributed by atoms with Crippen molar-refractivity contribution in [2.75, 3.05) is 7.11 Å². The molecule has 2 aromatic carbocycles. The summed E-state index contributed by atoms with van der Waals surface area (Å²) in [6.07, 6.45) is 1.78. The largest absolute Gasteiger partial charge is 0.497 e. The summed E-state index contributed by atoms with van der Waals surface area (Å²) in [5.41, 5.74) is 6.76. The number of nitrogens with zero attached hydrogens (tertiary/aromatic N) is 1. The molecule has 1 N–H and O–H groups in total. The van der Waals surface area contributed by atoms with Gasteiger partial charge in [0.1, 0.15) is 11.9 Å². The summed E-state index contributed by atoms with van der Waals surface area (Å²) in [5.74, 6) is 0.808. The zero-order valence-corrected chi connectivity index (χ0v) is 14.7. The SMILES string of the molecule is COc1ccc(C2=C[C@@H](Cn3c(=O)cc(C)c4ccccc43)ON2)cc1. The molecule has 0 saturated carbocycles. The van der Waals surface area contributed by atoms with E-state index in [0.29, 0.717) is 6.54 Å². The molecule has 3 aromatic rings. The van der Waals surface area contributed by atoms with Gasteiger partial charge in [0.15, 0.2) is 0 Å². The van der Waals surface area contributed by atoms with Crippen LogP contribution < -0.4 is 15.8 Å². The van der Waals surface area contributed by atoms with Crippen molar-refractivity contribution in [2.24, 2.45) is 0 Å². The van der Waals surface area contributed by atoms with Gasteiger partial charge in [0.2, 0.25) is 0 Å². The topological polar surface area (TPSA) is 52.5 Å². The number of nitrogens with one attached hydrogen (secondary N) is 1. The van der Waals surface area contributed by atoms with E-state index in [1.54, 1.807) is 17.7 Å². The van der Waals surface area contributed by atoms with Crippen LogP contribution >= 0.6 is 0 Å². The lowest BCUT2D eigenvalue weighted by Crippen LogP contribution is -2.27. The molecule has 1 aliphatic heterocycles. The second kappa shape index (κ2) is 6.69. The number of benzene rings is 2. The minimum atomic E-state index is -0.226. The number of hydrogen-bond acceptors (Lipinski definition) is 4. The Bertz CT molecular complexity index is 1040. The molecule has 0 unspecified atom stereocenters. The minimum Gasteiger partial charge on any atom is -0.497 e. The van der Waals surface area contributed by atoms with E-state index in [1.165, 1.54) is 0 Å². The molecule has 4 rings (SSSR count). The molecule has 1 aromatic heterocycles. The monoisotopic (exact) mass is 348 g/mol. The molecule has 0 saturated heterocycles. The highest BCUT2D eigenvalue weighted by Crippen LogP contribution is 2.23. The lowest BCUT2D eigenvalue weighted by molar-refractivity contribution is 0.0419. The molecule has 0 spiro atoms. The lowest BCUT2D eigenvalue weighted by atomic mass is 10.1. The van der Waals surface area contributed by atoms with Crippen LogP contribution in [0.15, 0.2) is 65.5 Å². The van der Waals surface area contributed by atoms with E-state index >= 15 is 0 Å². The molecule has 0 fully saturated rings. The Morgan fingerprint density at radius 1 is 1.15 bits per heavy atom. The highest BCUT2D eigenvalue weighted by Gasteiger charge is 2.19. The zero-order chi connectivity index (χ0) is 18.1. The number of rotatable bonds is 4. The summed E-state index contributed by atoms with van der Waals surface area (Å²) in [6, 6.07) is 17.4. The number of ether oxygens (including phenoxy) is 1. The summed E-state index contributed by atoms with van der Waals surface area (Å²) >= 11 is 0. The van der Waals surface area contributed by atoms with E-state index in [1.807, 2.05) is 61.5 Å². The summed E-state index contributed by atoms with van der Waals surface area (Å²) in [6.45, 7) is 2.41. The van der Waals surface area contributed by atoms with Crippen LogP contribution in [0.5, 0.6) is 5.75 Å². The van der Waals surface area contributed by atoms with Gasteiger partial charge in [-0.2, -0.15) is 0 Å². The number of hydrogen-bond donors (Lipinski definition) is 1. The van der Waals surface area contributed by atoms with Crippen LogP contribution in [0, 0.1) is 6.92 Å². The first-order chi connectivity index (χ1) is 12.7. The van der Waals surface area contributed by atoms with Crippen LogP contribution in [0.4, 0.5) is 0 Å². The van der Waals surface area contributed by atoms with E-state index in [9.17, 15) is 4.79 Å². The quantitative estimate of drug-likeness (QED) is 0.786. The second-order valence-corrected chi connectivity index (χ2v) is 6.36. The van der Waals surface area contributed by atoms with E-state index < -0.39 is 0 Å². The van der Waals surface area contributed by atoms with Gasteiger partial charge in [0, 0.05) is 11.5 Å². The van der Waals surface area contributed by atoms with Crippen molar-refractivity contribution >= 4 is 16.6 Å². The van der Waals surface area contributed by atoms with Crippen molar-refractivity contribution in [3.05, 3.63) is 82.2 Å². The molecule has 132 valence electrons. The third-order valence-electron chi connectivity index (χ3n) is 4.66. The number of aryl methyl sites for hydroxylation is 1. The van der Waals surface area contributed by atoms with Crippen molar-refractivity contribution < 1.29 is 9.57 Å². The Kier molecular flexibility index (Phi) is 4.22. The molecule has 5 heteroatoms. The fourth-order valence-corrected chi connectivity index (χ4v) is 3.28. The molecule has 5 nitrogen and oxygen atoms in total. The van der Waals surface area contributed by atoms with Crippen LogP contribution in [-0.4, -0.2) is 17.8 Å². The fraction of sp³-hybridized carbons (Fsp3) is 0.190. The van der Waals surface area contributed by atoms with E-state index in [-0.39, 0.29) is 11.7 Å². The Morgan fingerprint density at radius 3 is 2.69 bits per heavy atom. The van der Waals surface area contributed by atoms with Gasteiger partial charge in [-0.3, -0.25) is 15.1 Å². The first-order valence-corrected chi connectivity index (χ1v) is 8.53. The maximum Gasteiger partial charge on any atom is 0.251 e. The number of aromatic nitrogens is 1. The number of methoxy groups -OCH3 is 1. The molecular weight excluding hydrogens is 328 g/mol. The normalized spacial score (nSPS) is 16.4. The predicted molar refractivity (Wildman–Crippen MR) is 102 cm³/mol. The molecule has 0 radical (unpaired) electrons. The molecular formula is C21H20N2O3. The Morgan fingerprint density at radius 2 is 1.92 bits per heavy atom. The highest BCUT2D eigenvalue weighted by atomic mass is 16.7. The van der Waals surface area contributed by atoms with Crippen LogP contribution in [0.3, 0.4) is 0 Å². The zero-order valence-electron chi connectivity index (χ0n) is 14.7. The number of fused-ring (bicyclic) bond motifs is 1. The Labute approximate surface area is 151 Å². The van der Waals surface area contributed by atoms with Crippen LogP contribution in [-0.2, 0) is 11.4 Å². The highest BCUT2D eigenvalue weighted by molar-refractivity contribution is 5.82. The molecule has 2 heterocycles. The third-order valence-corrected chi connectivity index (χ3v) is 4.66. The summed E-state index contributed by atoms with van der Waals surface area (Å²) in [5, 5.41) is 1.08. The van der Waals surface area contributed by atoms with E-state index in [2.05, 4.69) is 5.48 Å². The maximum absolute atomic E-state index is 12.5. The lowest BCUT2D eigenvalue weighted by Gasteiger charge is -2.14. The van der Waals surface area contributed by atoms with Crippen LogP contribution in [0.2, 0.25) is 0 Å². The fourth-order valence-electron chi connectivity index (χ4n) is 3.28. The molecule has 0 aliphatic carbocycles. The van der Waals surface area contributed by atoms with Gasteiger partial charge in [-0.1, -0.05) is 18.2 Å². The molecule has 0 bridgehead atoms. The molecule has 0 amide bonds. The van der Waals surface area contributed by atoms with Gasteiger partial charge >= 0.3 is 0 Å². The summed E-state index contributed by atoms with van der Waals surface area (Å²) in [4.78, 5) is 18.2. The second-order valence-electron chi connectivity index (χ2n) is 6.36. The van der Waals surface area contributed by atoms with Crippen molar-refractivity contribution in [2.45, 2.75) is 19.6 Å². The van der Waals surface area contributed by atoms with Crippen LogP contribution in [0.25, 0.3) is 16.6 Å². The first-order valence-electron chi connectivity index (χ1n) is 8.53. The van der Waals surface area contributed by atoms with Crippen molar-refractivity contribution in [3.63, 3.8) is 0 Å². The van der Waals surface area contributed by atoms with Crippen molar-refractivity contribution in [3.8, 4) is 5.75 Å². The van der Waals surface area contributed by atoms with Gasteiger partial charge in [-0.25, -0.2) is 0 Å². The van der Waals surface area contributed by atoms with Crippen LogP contribution in [0.1, 0.15) is 11.1 Å². The average Bonchev–Trinajstić information content (AvgIpc) is 3.14. The smallest absolute Gasteiger partial charge is 0.251 e. The summed E-state index contributed by atoms with van der Waals surface area (Å²) in [7, 11) is 1.64. The van der Waals surface area contributed by atoms with E-state index in [0.717, 1.165) is 33.5 Å². The number of para-hydroxylation sites is 1. The van der Waals surface area contributed by atoms with Crippen molar-refractivity contribution in [1.29, 1.82) is 0 Å². The maximum atomic E-state index is 12.5. The van der Waals surface area contributed by atoms with Gasteiger partial charge in [-0.05, 0) is 54.5 Å². The third kappa shape index (κ3) is 2.97. The minimum absolute atomic E-state index is 0.0175. The molecule has 1 aliphatic rings. The van der Waals surface area contributed by atoms with Gasteiger partial charge < -0.3 is 9.30 Å².